The second-order valence-corrected chi connectivity index (χ2v) is 6.45. The fourth-order valence-corrected chi connectivity index (χ4v) is 3.64. The number of hydrogen-bond acceptors (Lipinski definition) is 3. The number of nitrogens with zero attached hydrogens (tertiary/aromatic N) is 1. The summed E-state index contributed by atoms with van der Waals surface area (Å²) in [5.74, 6) is 1.45. The molecule has 1 aromatic rings. The lowest BCUT2D eigenvalue weighted by molar-refractivity contribution is -0.125. The number of rotatable bonds is 4. The van der Waals surface area contributed by atoms with Crippen molar-refractivity contribution in [1.29, 1.82) is 0 Å². The highest BCUT2D eigenvalue weighted by molar-refractivity contribution is 5.83. The van der Waals surface area contributed by atoms with Gasteiger partial charge in [-0.05, 0) is 63.3 Å². The normalized spacial score (nSPS) is 22.3. The monoisotopic (exact) mass is 286 g/mol. The average Bonchev–Trinajstić information content (AvgIpc) is 2.57. The van der Waals surface area contributed by atoms with E-state index in [0.29, 0.717) is 24.2 Å². The molecule has 0 unspecified atom stereocenters. The molecule has 0 amide bonds. The first-order valence-electron chi connectivity index (χ1n) is 8.33. The Bertz CT molecular complexity index is 446. The predicted molar refractivity (Wildman–Crippen MR) is 85.5 cm³/mol. The van der Waals surface area contributed by atoms with Crippen LogP contribution in [0.2, 0.25) is 0 Å². The van der Waals surface area contributed by atoms with Crippen molar-refractivity contribution in [3.8, 4) is 0 Å². The van der Waals surface area contributed by atoms with E-state index in [9.17, 15) is 4.79 Å². The molecular weight excluding hydrogens is 260 g/mol. The van der Waals surface area contributed by atoms with Gasteiger partial charge < -0.3 is 5.32 Å². The van der Waals surface area contributed by atoms with Crippen molar-refractivity contribution in [2.75, 3.05) is 32.7 Å². The number of piperidine rings is 2. The highest BCUT2D eigenvalue weighted by atomic mass is 16.1. The van der Waals surface area contributed by atoms with E-state index < -0.39 is 0 Å². The molecule has 2 aliphatic heterocycles. The quantitative estimate of drug-likeness (QED) is 0.922. The van der Waals surface area contributed by atoms with Crippen molar-refractivity contribution in [3.05, 3.63) is 35.9 Å². The molecule has 2 aliphatic rings. The summed E-state index contributed by atoms with van der Waals surface area (Å²) in [5, 5.41) is 3.33. The molecule has 1 aromatic carbocycles. The lowest BCUT2D eigenvalue weighted by Crippen LogP contribution is -2.41. The van der Waals surface area contributed by atoms with Crippen LogP contribution in [-0.4, -0.2) is 43.4 Å². The van der Waals surface area contributed by atoms with Crippen molar-refractivity contribution in [2.24, 2.45) is 5.92 Å². The molecule has 0 spiro atoms. The first kappa shape index (κ1) is 14.7. The zero-order chi connectivity index (χ0) is 14.5. The number of Topliss-reactive ketones (excluding diaryl/α,β-unsaturated/α-hetero) is 1. The van der Waals surface area contributed by atoms with Gasteiger partial charge in [0.05, 0.1) is 6.54 Å². The van der Waals surface area contributed by atoms with Crippen LogP contribution in [0.15, 0.2) is 30.3 Å². The molecule has 0 radical (unpaired) electrons. The van der Waals surface area contributed by atoms with Gasteiger partial charge in [-0.15, -0.1) is 0 Å². The number of carbonyl (C=O) groups is 1. The molecule has 1 N–H and O–H groups in total. The summed E-state index contributed by atoms with van der Waals surface area (Å²) in [7, 11) is 0. The van der Waals surface area contributed by atoms with Gasteiger partial charge in [0.25, 0.3) is 0 Å². The van der Waals surface area contributed by atoms with Gasteiger partial charge in [0.15, 0.2) is 0 Å². The van der Waals surface area contributed by atoms with Crippen LogP contribution in [-0.2, 0) is 4.79 Å². The Kier molecular flexibility index (Phi) is 5.04. The topological polar surface area (TPSA) is 32.3 Å². The van der Waals surface area contributed by atoms with Gasteiger partial charge in [-0.25, -0.2) is 0 Å². The molecule has 2 heterocycles. The molecule has 3 heteroatoms. The smallest absolute Gasteiger partial charge is 0.149 e. The maximum Gasteiger partial charge on any atom is 0.149 e. The lowest BCUT2D eigenvalue weighted by atomic mass is 9.88. The maximum absolute atomic E-state index is 12.3. The minimum Gasteiger partial charge on any atom is -0.317 e. The second-order valence-electron chi connectivity index (χ2n) is 6.45. The van der Waals surface area contributed by atoms with E-state index in [1.807, 2.05) is 0 Å². The fraction of sp³-hybridized carbons (Fsp3) is 0.611. The van der Waals surface area contributed by atoms with Crippen molar-refractivity contribution in [2.45, 2.75) is 31.6 Å². The Morgan fingerprint density at radius 1 is 1.05 bits per heavy atom. The largest absolute Gasteiger partial charge is 0.317 e. The molecule has 2 saturated heterocycles. The lowest BCUT2D eigenvalue weighted by Gasteiger charge is -2.33. The Hall–Kier alpha value is -1.19. The van der Waals surface area contributed by atoms with Crippen LogP contribution < -0.4 is 5.32 Å². The summed E-state index contributed by atoms with van der Waals surface area (Å²) in [6, 6.07) is 10.8. The molecule has 0 atom stereocenters. The SMILES string of the molecule is O=C(CN1CCC(c2ccccc2)CC1)C1CCNCC1. The molecule has 0 aliphatic carbocycles. The summed E-state index contributed by atoms with van der Waals surface area (Å²) < 4.78 is 0. The third kappa shape index (κ3) is 3.92. The summed E-state index contributed by atoms with van der Waals surface area (Å²) in [6.07, 6.45) is 4.42. The number of hydrogen-bond donors (Lipinski definition) is 1. The predicted octanol–water partition coefficient (Wildman–Crippen LogP) is 2.43. The van der Waals surface area contributed by atoms with E-state index in [2.05, 4.69) is 40.5 Å². The molecule has 0 bridgehead atoms. The Labute approximate surface area is 127 Å². The molecule has 2 fully saturated rings. The number of nitrogens with one attached hydrogen (secondary N) is 1. The average molecular weight is 286 g/mol. The summed E-state index contributed by atoms with van der Waals surface area (Å²) >= 11 is 0. The highest BCUT2D eigenvalue weighted by Gasteiger charge is 2.25. The van der Waals surface area contributed by atoms with Crippen LogP contribution in [0, 0.1) is 5.92 Å². The minimum absolute atomic E-state index is 0.304. The van der Waals surface area contributed by atoms with Gasteiger partial charge in [-0.1, -0.05) is 30.3 Å². The van der Waals surface area contributed by atoms with Crippen molar-refractivity contribution in [1.82, 2.24) is 10.2 Å². The molecule has 0 saturated carbocycles. The van der Waals surface area contributed by atoms with Crippen molar-refractivity contribution >= 4 is 5.78 Å². The van der Waals surface area contributed by atoms with Gasteiger partial charge in [-0.2, -0.15) is 0 Å². The van der Waals surface area contributed by atoms with Crippen LogP contribution in [0.1, 0.15) is 37.2 Å². The Balaban J connectivity index is 1.46. The third-order valence-electron chi connectivity index (χ3n) is 5.03. The number of carbonyl (C=O) groups excluding carboxylic acids is 1. The van der Waals surface area contributed by atoms with E-state index in [-0.39, 0.29) is 0 Å². The zero-order valence-electron chi connectivity index (χ0n) is 12.8. The Morgan fingerprint density at radius 3 is 2.38 bits per heavy atom. The second kappa shape index (κ2) is 7.19. The summed E-state index contributed by atoms with van der Waals surface area (Å²) in [4.78, 5) is 14.7. The molecular formula is C18H26N2O. The highest BCUT2D eigenvalue weighted by Crippen LogP contribution is 2.28. The molecule has 21 heavy (non-hydrogen) atoms. The molecule has 3 nitrogen and oxygen atoms in total. The van der Waals surface area contributed by atoms with Gasteiger partial charge in [0.1, 0.15) is 5.78 Å². The molecule has 3 rings (SSSR count). The van der Waals surface area contributed by atoms with E-state index in [1.165, 1.54) is 18.4 Å². The van der Waals surface area contributed by atoms with Crippen molar-refractivity contribution in [3.63, 3.8) is 0 Å². The van der Waals surface area contributed by atoms with E-state index in [0.717, 1.165) is 39.0 Å². The van der Waals surface area contributed by atoms with Crippen LogP contribution in [0.5, 0.6) is 0 Å². The van der Waals surface area contributed by atoms with Gasteiger partial charge in [-0.3, -0.25) is 9.69 Å². The Morgan fingerprint density at radius 2 is 1.71 bits per heavy atom. The van der Waals surface area contributed by atoms with Gasteiger partial charge in [0.2, 0.25) is 0 Å². The molecule has 114 valence electrons. The van der Waals surface area contributed by atoms with Crippen LogP contribution in [0.4, 0.5) is 0 Å². The van der Waals surface area contributed by atoms with E-state index in [1.54, 1.807) is 0 Å². The minimum atomic E-state index is 0.304. The summed E-state index contributed by atoms with van der Waals surface area (Å²) in [5.41, 5.74) is 1.46. The third-order valence-corrected chi connectivity index (χ3v) is 5.03. The standard InChI is InChI=1S/C18H26N2O/c21-18(17-6-10-19-11-7-17)14-20-12-8-16(9-13-20)15-4-2-1-3-5-15/h1-5,16-17,19H,6-14H2. The maximum atomic E-state index is 12.3. The fourth-order valence-electron chi connectivity index (χ4n) is 3.64. The number of likely N-dealkylation sites (tertiary alicyclic amines) is 1. The molecule has 0 aromatic heterocycles. The van der Waals surface area contributed by atoms with Crippen LogP contribution in [0.25, 0.3) is 0 Å². The van der Waals surface area contributed by atoms with Gasteiger partial charge in [0, 0.05) is 5.92 Å². The van der Waals surface area contributed by atoms with E-state index in [4.69, 9.17) is 0 Å². The number of benzene rings is 1. The van der Waals surface area contributed by atoms with Crippen LogP contribution in [0.3, 0.4) is 0 Å². The van der Waals surface area contributed by atoms with Crippen molar-refractivity contribution < 1.29 is 4.79 Å². The first-order valence-corrected chi connectivity index (χ1v) is 8.33. The van der Waals surface area contributed by atoms with E-state index >= 15 is 0 Å². The number of ketones is 1. The zero-order valence-corrected chi connectivity index (χ0v) is 12.8. The first-order chi connectivity index (χ1) is 10.3. The summed E-state index contributed by atoms with van der Waals surface area (Å²) in [6.45, 7) is 4.82. The van der Waals surface area contributed by atoms with Gasteiger partial charge >= 0.3 is 0 Å². The van der Waals surface area contributed by atoms with Crippen LogP contribution >= 0.6 is 0 Å².